The Morgan fingerprint density at radius 3 is 2.95 bits per heavy atom. The highest BCUT2D eigenvalue weighted by Gasteiger charge is 2.36. The van der Waals surface area contributed by atoms with Gasteiger partial charge in [-0.25, -0.2) is 4.98 Å². The predicted octanol–water partition coefficient (Wildman–Crippen LogP) is 3.49. The number of anilines is 1. The smallest absolute Gasteiger partial charge is 0.312 e. The average molecular weight is 320 g/mol. The van der Waals surface area contributed by atoms with Crippen LogP contribution in [-0.4, -0.2) is 22.1 Å². The molecule has 4 rings (SSSR count). The molecule has 0 saturated heterocycles. The van der Waals surface area contributed by atoms with Gasteiger partial charge in [0, 0.05) is 15.8 Å². The molecule has 2 aromatic rings. The highest BCUT2D eigenvalue weighted by Crippen LogP contribution is 2.42. The van der Waals surface area contributed by atoms with Crippen LogP contribution >= 0.6 is 22.7 Å². The number of rotatable bonds is 5. The SMILES string of the molecule is O=C(O)C1CCc2sc(N(Cc3cccs3)C3CC3)nc21. The van der Waals surface area contributed by atoms with E-state index < -0.39 is 11.9 Å². The lowest BCUT2D eigenvalue weighted by atomic mass is 10.1. The van der Waals surface area contributed by atoms with Crippen molar-refractivity contribution in [2.45, 2.75) is 44.2 Å². The minimum absolute atomic E-state index is 0.396. The molecule has 0 radical (unpaired) electrons. The molecule has 2 aliphatic carbocycles. The highest BCUT2D eigenvalue weighted by molar-refractivity contribution is 7.15. The summed E-state index contributed by atoms with van der Waals surface area (Å²) in [5.41, 5.74) is 0.819. The number of carboxylic acids is 1. The van der Waals surface area contributed by atoms with Crippen molar-refractivity contribution in [1.29, 1.82) is 0 Å². The summed E-state index contributed by atoms with van der Waals surface area (Å²) < 4.78 is 0. The van der Waals surface area contributed by atoms with Crippen LogP contribution in [0.1, 0.15) is 40.6 Å². The van der Waals surface area contributed by atoms with Crippen molar-refractivity contribution in [3.05, 3.63) is 33.0 Å². The van der Waals surface area contributed by atoms with E-state index in [-0.39, 0.29) is 0 Å². The fraction of sp³-hybridized carbons (Fsp3) is 0.467. The van der Waals surface area contributed by atoms with Crippen molar-refractivity contribution in [3.63, 3.8) is 0 Å². The van der Waals surface area contributed by atoms with Crippen molar-refractivity contribution >= 4 is 33.8 Å². The minimum Gasteiger partial charge on any atom is -0.481 e. The molecule has 110 valence electrons. The van der Waals surface area contributed by atoms with E-state index in [1.54, 1.807) is 22.7 Å². The van der Waals surface area contributed by atoms with E-state index in [9.17, 15) is 9.90 Å². The van der Waals surface area contributed by atoms with Crippen LogP contribution in [0.5, 0.6) is 0 Å². The molecule has 1 N–H and O–H groups in total. The van der Waals surface area contributed by atoms with Crippen molar-refractivity contribution in [1.82, 2.24) is 4.98 Å². The van der Waals surface area contributed by atoms with Gasteiger partial charge in [-0.3, -0.25) is 4.79 Å². The summed E-state index contributed by atoms with van der Waals surface area (Å²) in [7, 11) is 0. The molecule has 2 heterocycles. The fourth-order valence-corrected chi connectivity index (χ4v) is 4.80. The second-order valence-electron chi connectivity index (χ2n) is 5.67. The van der Waals surface area contributed by atoms with Crippen LogP contribution in [0.4, 0.5) is 5.13 Å². The van der Waals surface area contributed by atoms with Crippen LogP contribution < -0.4 is 4.90 Å². The van der Waals surface area contributed by atoms with E-state index in [1.807, 2.05) is 0 Å². The summed E-state index contributed by atoms with van der Waals surface area (Å²) in [4.78, 5) is 20.9. The Morgan fingerprint density at radius 2 is 2.29 bits per heavy atom. The lowest BCUT2D eigenvalue weighted by molar-refractivity contribution is -0.138. The van der Waals surface area contributed by atoms with Crippen molar-refractivity contribution in [2.75, 3.05) is 4.90 Å². The zero-order valence-electron chi connectivity index (χ0n) is 11.5. The molecule has 4 nitrogen and oxygen atoms in total. The van der Waals surface area contributed by atoms with Crippen LogP contribution in [0, 0.1) is 0 Å². The van der Waals surface area contributed by atoms with Crippen molar-refractivity contribution in [3.8, 4) is 0 Å². The Labute approximate surface area is 131 Å². The zero-order chi connectivity index (χ0) is 14.4. The van der Waals surface area contributed by atoms with Gasteiger partial charge in [-0.05, 0) is 37.1 Å². The number of nitrogens with zero attached hydrogens (tertiary/aromatic N) is 2. The van der Waals surface area contributed by atoms with Gasteiger partial charge >= 0.3 is 5.97 Å². The first kappa shape index (κ1) is 13.3. The molecule has 1 saturated carbocycles. The van der Waals surface area contributed by atoms with Crippen molar-refractivity contribution in [2.24, 2.45) is 0 Å². The van der Waals surface area contributed by atoms with Gasteiger partial charge in [0.15, 0.2) is 5.13 Å². The van der Waals surface area contributed by atoms with Gasteiger partial charge < -0.3 is 10.0 Å². The number of thiazole rings is 1. The number of aryl methyl sites for hydroxylation is 1. The Bertz CT molecular complexity index is 661. The van der Waals surface area contributed by atoms with E-state index in [1.165, 1.54) is 22.6 Å². The number of fused-ring (bicyclic) bond motifs is 1. The topological polar surface area (TPSA) is 53.4 Å². The lowest BCUT2D eigenvalue weighted by Crippen LogP contribution is -2.24. The van der Waals surface area contributed by atoms with Crippen LogP contribution in [0.3, 0.4) is 0 Å². The number of hydrogen-bond donors (Lipinski definition) is 1. The zero-order valence-corrected chi connectivity index (χ0v) is 13.1. The lowest BCUT2D eigenvalue weighted by Gasteiger charge is -2.20. The first-order valence-electron chi connectivity index (χ1n) is 7.24. The van der Waals surface area contributed by atoms with Crippen LogP contribution in [0.2, 0.25) is 0 Å². The third-order valence-corrected chi connectivity index (χ3v) is 6.17. The fourth-order valence-electron chi connectivity index (χ4n) is 2.89. The maximum Gasteiger partial charge on any atom is 0.312 e. The number of aromatic nitrogens is 1. The molecule has 0 amide bonds. The van der Waals surface area contributed by atoms with E-state index in [2.05, 4.69) is 22.4 Å². The Hall–Kier alpha value is -1.40. The van der Waals surface area contributed by atoms with Crippen LogP contribution in [-0.2, 0) is 17.8 Å². The Balaban J connectivity index is 1.62. The number of carbonyl (C=O) groups is 1. The van der Waals surface area contributed by atoms with E-state index in [4.69, 9.17) is 4.98 Å². The quantitative estimate of drug-likeness (QED) is 0.916. The Kier molecular flexibility index (Phi) is 3.23. The molecule has 1 atom stereocenters. The molecule has 21 heavy (non-hydrogen) atoms. The third-order valence-electron chi connectivity index (χ3n) is 4.14. The van der Waals surface area contributed by atoms with Crippen molar-refractivity contribution < 1.29 is 9.90 Å². The molecular formula is C15H16N2O2S2. The molecule has 2 aromatic heterocycles. The number of carboxylic acid groups (broad SMARTS) is 1. The van der Waals surface area contributed by atoms with Gasteiger partial charge in [-0.2, -0.15) is 0 Å². The van der Waals surface area contributed by atoms with Gasteiger partial charge in [-0.1, -0.05) is 6.07 Å². The largest absolute Gasteiger partial charge is 0.481 e. The second-order valence-corrected chi connectivity index (χ2v) is 7.77. The molecule has 0 spiro atoms. The number of aliphatic carboxylic acids is 1. The molecule has 0 bridgehead atoms. The standard InChI is InChI=1S/C15H16N2O2S2/c18-14(19)11-5-6-12-13(11)16-15(21-12)17(9-3-4-9)8-10-2-1-7-20-10/h1-2,7,9,11H,3-6,8H2,(H,18,19). The van der Waals surface area contributed by atoms with Crippen LogP contribution in [0.25, 0.3) is 0 Å². The summed E-state index contributed by atoms with van der Waals surface area (Å²) in [5, 5.41) is 12.4. The van der Waals surface area contributed by atoms with Gasteiger partial charge in [0.25, 0.3) is 0 Å². The minimum atomic E-state index is -0.734. The molecule has 1 unspecified atom stereocenters. The number of thiophene rings is 1. The summed E-state index contributed by atoms with van der Waals surface area (Å²) >= 11 is 3.47. The summed E-state index contributed by atoms with van der Waals surface area (Å²) in [5.74, 6) is -1.13. The van der Waals surface area contributed by atoms with E-state index in [0.29, 0.717) is 12.5 Å². The average Bonchev–Trinajstić information content (AvgIpc) is 2.88. The molecule has 0 aliphatic heterocycles. The summed E-state index contributed by atoms with van der Waals surface area (Å²) in [6.45, 7) is 0.895. The van der Waals surface area contributed by atoms with Crippen LogP contribution in [0.15, 0.2) is 17.5 Å². The maximum atomic E-state index is 11.3. The molecule has 2 aliphatic rings. The first-order valence-corrected chi connectivity index (χ1v) is 8.93. The maximum absolute atomic E-state index is 11.3. The van der Waals surface area contributed by atoms with E-state index in [0.717, 1.165) is 23.8 Å². The van der Waals surface area contributed by atoms with Gasteiger partial charge in [0.05, 0.1) is 12.2 Å². The predicted molar refractivity (Wildman–Crippen MR) is 84.3 cm³/mol. The normalized spacial score (nSPS) is 20.5. The van der Waals surface area contributed by atoms with Gasteiger partial charge in [0.1, 0.15) is 5.92 Å². The summed E-state index contributed by atoms with van der Waals surface area (Å²) in [6.07, 6.45) is 4.01. The molecule has 6 heteroatoms. The third kappa shape index (κ3) is 2.46. The van der Waals surface area contributed by atoms with E-state index >= 15 is 0 Å². The Morgan fingerprint density at radius 1 is 1.43 bits per heavy atom. The molecule has 0 aromatic carbocycles. The van der Waals surface area contributed by atoms with Gasteiger partial charge in [-0.15, -0.1) is 22.7 Å². The van der Waals surface area contributed by atoms with Gasteiger partial charge in [0.2, 0.25) is 0 Å². The monoisotopic (exact) mass is 320 g/mol. The molecular weight excluding hydrogens is 304 g/mol. The highest BCUT2D eigenvalue weighted by atomic mass is 32.1. The summed E-state index contributed by atoms with van der Waals surface area (Å²) in [6, 6.07) is 4.82. The first-order chi connectivity index (χ1) is 10.2. The molecule has 1 fully saturated rings. The number of hydrogen-bond acceptors (Lipinski definition) is 5. The second kappa shape index (κ2) is 5.10.